The Morgan fingerprint density at radius 2 is 2.03 bits per heavy atom. The molecule has 152 valence electrons. The van der Waals surface area contributed by atoms with Crippen molar-refractivity contribution in [1.29, 1.82) is 0 Å². The van der Waals surface area contributed by atoms with Crippen molar-refractivity contribution in [1.82, 2.24) is 15.2 Å². The van der Waals surface area contributed by atoms with Gasteiger partial charge in [0.25, 0.3) is 5.91 Å². The smallest absolute Gasteiger partial charge is 0.251 e. The Hall–Kier alpha value is -2.50. The second-order valence-corrected chi connectivity index (χ2v) is 8.14. The minimum atomic E-state index is -0.0450. The van der Waals surface area contributed by atoms with Gasteiger partial charge < -0.3 is 10.1 Å². The maximum atomic E-state index is 12.4. The molecule has 1 atom stereocenters. The Balaban J connectivity index is 1.23. The number of hydrogen-bond donors (Lipinski definition) is 1. The first kappa shape index (κ1) is 19.8. The van der Waals surface area contributed by atoms with Gasteiger partial charge in [-0.3, -0.25) is 14.7 Å². The fourth-order valence-corrected chi connectivity index (χ4v) is 4.35. The topological polar surface area (TPSA) is 54.5 Å². The summed E-state index contributed by atoms with van der Waals surface area (Å²) in [5, 5.41) is 3.03. The lowest BCUT2D eigenvalue weighted by Crippen LogP contribution is -2.44. The van der Waals surface area contributed by atoms with Crippen molar-refractivity contribution >= 4 is 12.0 Å². The Bertz CT molecular complexity index is 827. The van der Waals surface area contributed by atoms with Crippen molar-refractivity contribution in [2.24, 2.45) is 0 Å². The fraction of sp³-hybridized carbons (Fsp3) is 0.417. The molecule has 0 aliphatic carbocycles. The van der Waals surface area contributed by atoms with Gasteiger partial charge in [0.05, 0.1) is 11.7 Å². The number of ether oxygens (including phenoxy) is 1. The molecule has 1 aromatic heterocycles. The molecule has 29 heavy (non-hydrogen) atoms. The van der Waals surface area contributed by atoms with Gasteiger partial charge >= 0.3 is 0 Å². The van der Waals surface area contributed by atoms with E-state index in [1.165, 1.54) is 5.56 Å². The zero-order valence-electron chi connectivity index (χ0n) is 16.8. The Morgan fingerprint density at radius 1 is 1.24 bits per heavy atom. The second kappa shape index (κ2) is 8.89. The van der Waals surface area contributed by atoms with Gasteiger partial charge in [-0.2, -0.15) is 0 Å². The molecule has 2 aliphatic rings. The number of benzene rings is 1. The number of pyridine rings is 1. The predicted molar refractivity (Wildman–Crippen MR) is 114 cm³/mol. The van der Waals surface area contributed by atoms with E-state index in [1.807, 2.05) is 42.7 Å². The lowest BCUT2D eigenvalue weighted by molar-refractivity contribution is -0.0764. The predicted octanol–water partition coefficient (Wildman–Crippen LogP) is 3.67. The van der Waals surface area contributed by atoms with Crippen LogP contribution in [-0.4, -0.2) is 47.1 Å². The van der Waals surface area contributed by atoms with Gasteiger partial charge in [-0.25, -0.2) is 0 Å². The Kier molecular flexibility index (Phi) is 6.07. The van der Waals surface area contributed by atoms with E-state index in [-0.39, 0.29) is 17.6 Å². The van der Waals surface area contributed by atoms with E-state index in [1.54, 1.807) is 6.08 Å². The molecule has 0 saturated carbocycles. The van der Waals surface area contributed by atoms with Crippen LogP contribution in [0.15, 0.2) is 55.4 Å². The summed E-state index contributed by atoms with van der Waals surface area (Å²) in [6.45, 7) is 7.35. The van der Waals surface area contributed by atoms with Crippen molar-refractivity contribution in [3.8, 4) is 0 Å². The highest BCUT2D eigenvalue weighted by atomic mass is 16.5. The first-order valence-corrected chi connectivity index (χ1v) is 10.5. The number of nitrogens with zero attached hydrogens (tertiary/aromatic N) is 2. The number of hydrogen-bond acceptors (Lipinski definition) is 4. The maximum Gasteiger partial charge on any atom is 0.251 e. The molecule has 2 saturated heterocycles. The van der Waals surface area contributed by atoms with Gasteiger partial charge in [0.1, 0.15) is 0 Å². The molecular weight excluding hydrogens is 362 g/mol. The van der Waals surface area contributed by atoms with Gasteiger partial charge in [-0.1, -0.05) is 30.9 Å². The van der Waals surface area contributed by atoms with E-state index in [9.17, 15) is 4.79 Å². The summed E-state index contributed by atoms with van der Waals surface area (Å²) in [7, 11) is 0. The molecular formula is C24H29N3O2. The van der Waals surface area contributed by atoms with E-state index < -0.39 is 0 Å². The van der Waals surface area contributed by atoms with Crippen LogP contribution in [0, 0.1) is 0 Å². The first-order valence-electron chi connectivity index (χ1n) is 10.5. The largest absolute Gasteiger partial charge is 0.370 e. The summed E-state index contributed by atoms with van der Waals surface area (Å²) in [4.78, 5) is 19.1. The van der Waals surface area contributed by atoms with Crippen LogP contribution in [0.1, 0.15) is 47.2 Å². The lowest BCUT2D eigenvalue weighted by Gasteiger charge is -2.39. The standard InChI is InChI=1S/C24H29N3O2/c1-2-19-5-7-21(8-6-19)23(28)26-17-22-9-10-24(29-22)11-14-27(15-12-24)18-20-4-3-13-25-16-20/h2-8,13,16,22H,1,9-12,14-15,17-18H2,(H,26,28)/t22-/m1/s1. The van der Waals surface area contributed by atoms with Crippen LogP contribution in [-0.2, 0) is 11.3 Å². The molecule has 0 bridgehead atoms. The number of carbonyl (C=O) groups excluding carboxylic acids is 1. The van der Waals surface area contributed by atoms with Crippen LogP contribution in [0.5, 0.6) is 0 Å². The molecule has 5 nitrogen and oxygen atoms in total. The summed E-state index contributed by atoms with van der Waals surface area (Å²) in [6.07, 6.45) is 9.85. The first-order chi connectivity index (χ1) is 14.2. The number of nitrogens with one attached hydrogen (secondary N) is 1. The van der Waals surface area contributed by atoms with Gasteiger partial charge in [-0.05, 0) is 55.0 Å². The Morgan fingerprint density at radius 3 is 2.72 bits per heavy atom. The number of piperidine rings is 1. The molecule has 2 fully saturated rings. The van der Waals surface area contributed by atoms with Crippen LogP contribution in [0.3, 0.4) is 0 Å². The average molecular weight is 392 g/mol. The maximum absolute atomic E-state index is 12.4. The molecule has 1 amide bonds. The number of likely N-dealkylation sites (tertiary alicyclic amines) is 1. The third-order valence-corrected chi connectivity index (χ3v) is 6.13. The normalized spacial score (nSPS) is 21.2. The van der Waals surface area contributed by atoms with Crippen molar-refractivity contribution in [2.75, 3.05) is 19.6 Å². The van der Waals surface area contributed by atoms with Gasteiger partial charge in [0.15, 0.2) is 0 Å². The second-order valence-electron chi connectivity index (χ2n) is 8.14. The SMILES string of the molecule is C=Cc1ccc(C(=O)NC[C@H]2CCC3(CCN(Cc4cccnc4)CC3)O2)cc1. The summed E-state index contributed by atoms with van der Waals surface area (Å²) < 4.78 is 6.44. The van der Waals surface area contributed by atoms with E-state index >= 15 is 0 Å². The van der Waals surface area contributed by atoms with Crippen molar-refractivity contribution in [3.63, 3.8) is 0 Å². The highest BCUT2D eigenvalue weighted by Gasteiger charge is 2.42. The van der Waals surface area contributed by atoms with E-state index in [4.69, 9.17) is 4.74 Å². The third kappa shape index (κ3) is 4.92. The van der Waals surface area contributed by atoms with Gasteiger partial charge in [-0.15, -0.1) is 0 Å². The van der Waals surface area contributed by atoms with Crippen LogP contribution < -0.4 is 5.32 Å². The molecule has 2 aliphatic heterocycles. The van der Waals surface area contributed by atoms with Crippen molar-refractivity contribution in [3.05, 3.63) is 72.1 Å². The minimum Gasteiger partial charge on any atom is -0.370 e. The molecule has 1 spiro atoms. The fourth-order valence-electron chi connectivity index (χ4n) is 4.35. The lowest BCUT2D eigenvalue weighted by atomic mass is 9.88. The zero-order valence-corrected chi connectivity index (χ0v) is 16.8. The van der Waals surface area contributed by atoms with E-state index in [0.29, 0.717) is 12.1 Å². The van der Waals surface area contributed by atoms with Crippen LogP contribution in [0.4, 0.5) is 0 Å². The summed E-state index contributed by atoms with van der Waals surface area (Å²) in [5.41, 5.74) is 2.94. The monoisotopic (exact) mass is 391 g/mol. The third-order valence-electron chi connectivity index (χ3n) is 6.13. The highest BCUT2D eigenvalue weighted by Crippen LogP contribution is 2.39. The Labute approximate surface area is 172 Å². The quantitative estimate of drug-likeness (QED) is 0.816. The summed E-state index contributed by atoms with van der Waals surface area (Å²) in [5.74, 6) is -0.0450. The molecule has 3 heterocycles. The van der Waals surface area contributed by atoms with Gasteiger partial charge in [0, 0.05) is 44.1 Å². The molecule has 1 aromatic carbocycles. The number of rotatable bonds is 6. The number of aromatic nitrogens is 1. The minimum absolute atomic E-state index is 0.00750. The van der Waals surface area contributed by atoms with Crippen LogP contribution in [0.2, 0.25) is 0 Å². The zero-order chi connectivity index (χ0) is 20.1. The van der Waals surface area contributed by atoms with E-state index in [0.717, 1.165) is 50.9 Å². The average Bonchev–Trinajstić information content (AvgIpc) is 3.17. The molecule has 1 N–H and O–H groups in total. The summed E-state index contributed by atoms with van der Waals surface area (Å²) in [6, 6.07) is 11.6. The molecule has 5 heteroatoms. The molecule has 4 rings (SSSR count). The molecule has 2 aromatic rings. The van der Waals surface area contributed by atoms with Gasteiger partial charge in [0.2, 0.25) is 0 Å². The number of amides is 1. The molecule has 0 unspecified atom stereocenters. The van der Waals surface area contributed by atoms with Crippen LogP contribution >= 0.6 is 0 Å². The van der Waals surface area contributed by atoms with Crippen LogP contribution in [0.25, 0.3) is 6.08 Å². The summed E-state index contributed by atoms with van der Waals surface area (Å²) >= 11 is 0. The number of carbonyl (C=O) groups is 1. The molecule has 0 radical (unpaired) electrons. The van der Waals surface area contributed by atoms with Crippen molar-refractivity contribution < 1.29 is 9.53 Å². The highest BCUT2D eigenvalue weighted by molar-refractivity contribution is 5.94. The van der Waals surface area contributed by atoms with E-state index in [2.05, 4.69) is 27.8 Å². The van der Waals surface area contributed by atoms with Crippen molar-refractivity contribution in [2.45, 2.75) is 43.9 Å².